The molecule has 0 amide bonds. The minimum absolute atomic E-state index is 0.128. The second-order valence-electron chi connectivity index (χ2n) is 4.03. The van der Waals surface area contributed by atoms with Crippen molar-refractivity contribution in [1.82, 2.24) is 5.32 Å². The van der Waals surface area contributed by atoms with Crippen molar-refractivity contribution in [3.63, 3.8) is 0 Å². The zero-order chi connectivity index (χ0) is 11.0. The Hall–Kier alpha value is -1.26. The molecule has 2 aliphatic heterocycles. The highest BCUT2D eigenvalue weighted by molar-refractivity contribution is 5.53. The highest BCUT2D eigenvalue weighted by atomic mass is 16.7. The lowest BCUT2D eigenvalue weighted by Gasteiger charge is -2.26. The number of rotatable bonds is 2. The van der Waals surface area contributed by atoms with Crippen molar-refractivity contribution in [2.75, 3.05) is 27.0 Å². The summed E-state index contributed by atoms with van der Waals surface area (Å²) in [5.41, 5.74) is 2.48. The first-order valence-corrected chi connectivity index (χ1v) is 5.57. The molecule has 4 nitrogen and oxygen atoms in total. The molecule has 0 fully saturated rings. The lowest BCUT2D eigenvalue weighted by atomic mass is 9.96. The maximum Gasteiger partial charge on any atom is 0.231 e. The smallest absolute Gasteiger partial charge is 0.231 e. The molecule has 1 aromatic rings. The zero-order valence-electron chi connectivity index (χ0n) is 9.29. The summed E-state index contributed by atoms with van der Waals surface area (Å²) in [4.78, 5) is 0. The molecule has 4 heteroatoms. The molecule has 1 unspecified atom stereocenters. The standard InChI is InChI=1S/C12H15NO3/c1-13-6-11-8-2-3-10-12(16-7-15-10)9(8)4-5-14-11/h2-3,11,13H,4-7H2,1H3. The molecule has 1 aromatic carbocycles. The van der Waals surface area contributed by atoms with Gasteiger partial charge in [0.25, 0.3) is 0 Å². The minimum Gasteiger partial charge on any atom is -0.454 e. The maximum atomic E-state index is 5.75. The van der Waals surface area contributed by atoms with Gasteiger partial charge < -0.3 is 19.5 Å². The van der Waals surface area contributed by atoms with Crippen LogP contribution in [-0.2, 0) is 11.2 Å². The maximum absolute atomic E-state index is 5.75. The quantitative estimate of drug-likeness (QED) is 0.816. The van der Waals surface area contributed by atoms with Gasteiger partial charge in [0, 0.05) is 12.1 Å². The van der Waals surface area contributed by atoms with Gasteiger partial charge in [0.05, 0.1) is 12.7 Å². The van der Waals surface area contributed by atoms with Crippen LogP contribution in [0, 0.1) is 0 Å². The van der Waals surface area contributed by atoms with E-state index in [0.29, 0.717) is 6.79 Å². The number of fused-ring (bicyclic) bond motifs is 3. The predicted molar refractivity (Wildman–Crippen MR) is 58.9 cm³/mol. The fraction of sp³-hybridized carbons (Fsp3) is 0.500. The average Bonchev–Trinajstić information content (AvgIpc) is 2.78. The Labute approximate surface area is 94.5 Å². The molecule has 1 atom stereocenters. The largest absolute Gasteiger partial charge is 0.454 e. The summed E-state index contributed by atoms with van der Waals surface area (Å²) < 4.78 is 16.7. The van der Waals surface area contributed by atoms with Crippen LogP contribution in [0.15, 0.2) is 12.1 Å². The van der Waals surface area contributed by atoms with E-state index in [0.717, 1.165) is 31.1 Å². The molecule has 0 spiro atoms. The normalized spacial score (nSPS) is 21.9. The van der Waals surface area contributed by atoms with E-state index in [4.69, 9.17) is 14.2 Å². The Morgan fingerprint density at radius 1 is 1.38 bits per heavy atom. The van der Waals surface area contributed by atoms with Gasteiger partial charge >= 0.3 is 0 Å². The molecule has 0 saturated heterocycles. The van der Waals surface area contributed by atoms with Gasteiger partial charge in [-0.2, -0.15) is 0 Å². The summed E-state index contributed by atoms with van der Waals surface area (Å²) >= 11 is 0. The van der Waals surface area contributed by atoms with Gasteiger partial charge in [-0.15, -0.1) is 0 Å². The highest BCUT2D eigenvalue weighted by Gasteiger charge is 2.27. The first-order valence-electron chi connectivity index (χ1n) is 5.57. The fourth-order valence-corrected chi connectivity index (χ4v) is 2.35. The Balaban J connectivity index is 2.02. The number of hydrogen-bond acceptors (Lipinski definition) is 4. The van der Waals surface area contributed by atoms with Crippen LogP contribution in [0.2, 0.25) is 0 Å². The Morgan fingerprint density at radius 3 is 3.19 bits per heavy atom. The Bertz CT molecular complexity index is 405. The number of nitrogens with one attached hydrogen (secondary N) is 1. The third-order valence-electron chi connectivity index (χ3n) is 3.09. The van der Waals surface area contributed by atoms with Crippen molar-refractivity contribution >= 4 is 0 Å². The fourth-order valence-electron chi connectivity index (χ4n) is 2.35. The van der Waals surface area contributed by atoms with Crippen LogP contribution in [0.4, 0.5) is 0 Å². The molecular formula is C12H15NO3. The minimum atomic E-state index is 0.128. The number of benzene rings is 1. The second kappa shape index (κ2) is 3.96. The molecule has 0 bridgehead atoms. The number of hydrogen-bond donors (Lipinski definition) is 1. The van der Waals surface area contributed by atoms with E-state index in [1.54, 1.807) is 0 Å². The zero-order valence-corrected chi connectivity index (χ0v) is 9.29. The summed E-state index contributed by atoms with van der Waals surface area (Å²) in [6, 6.07) is 4.06. The summed E-state index contributed by atoms with van der Waals surface area (Å²) in [6.07, 6.45) is 1.03. The second-order valence-corrected chi connectivity index (χ2v) is 4.03. The summed E-state index contributed by atoms with van der Waals surface area (Å²) in [7, 11) is 1.94. The Morgan fingerprint density at radius 2 is 2.31 bits per heavy atom. The SMILES string of the molecule is CNCC1OCCc2c1ccc1c2OCO1. The summed E-state index contributed by atoms with van der Waals surface area (Å²) in [6.45, 7) is 1.91. The number of likely N-dealkylation sites (N-methyl/N-ethyl adjacent to an activating group) is 1. The van der Waals surface area contributed by atoms with Gasteiger partial charge in [-0.1, -0.05) is 6.07 Å². The van der Waals surface area contributed by atoms with Crippen LogP contribution < -0.4 is 14.8 Å². The topological polar surface area (TPSA) is 39.7 Å². The van der Waals surface area contributed by atoms with Crippen molar-refractivity contribution in [2.45, 2.75) is 12.5 Å². The van der Waals surface area contributed by atoms with E-state index < -0.39 is 0 Å². The first kappa shape index (κ1) is 9.93. The molecule has 2 aliphatic rings. The van der Waals surface area contributed by atoms with Gasteiger partial charge in [0.15, 0.2) is 11.5 Å². The van der Waals surface area contributed by atoms with Gasteiger partial charge in [-0.25, -0.2) is 0 Å². The lowest BCUT2D eigenvalue weighted by Crippen LogP contribution is -2.25. The lowest BCUT2D eigenvalue weighted by molar-refractivity contribution is 0.0430. The molecule has 0 saturated carbocycles. The summed E-state index contributed by atoms with van der Waals surface area (Å²) in [5.74, 6) is 1.78. The molecule has 16 heavy (non-hydrogen) atoms. The van der Waals surface area contributed by atoms with Crippen LogP contribution in [0.3, 0.4) is 0 Å². The average molecular weight is 221 g/mol. The molecular weight excluding hydrogens is 206 g/mol. The van der Waals surface area contributed by atoms with Crippen LogP contribution in [0.5, 0.6) is 11.5 Å². The van der Waals surface area contributed by atoms with Crippen molar-refractivity contribution < 1.29 is 14.2 Å². The highest BCUT2D eigenvalue weighted by Crippen LogP contribution is 2.41. The van der Waals surface area contributed by atoms with Crippen LogP contribution >= 0.6 is 0 Å². The van der Waals surface area contributed by atoms with E-state index in [1.165, 1.54) is 11.1 Å². The Kier molecular flexibility index (Phi) is 2.46. The molecule has 86 valence electrons. The van der Waals surface area contributed by atoms with E-state index in [9.17, 15) is 0 Å². The molecule has 0 aromatic heterocycles. The van der Waals surface area contributed by atoms with Crippen molar-refractivity contribution in [2.24, 2.45) is 0 Å². The van der Waals surface area contributed by atoms with E-state index in [1.807, 2.05) is 13.1 Å². The third-order valence-corrected chi connectivity index (χ3v) is 3.09. The van der Waals surface area contributed by atoms with Gasteiger partial charge in [0.2, 0.25) is 6.79 Å². The number of ether oxygens (including phenoxy) is 3. The molecule has 2 heterocycles. The predicted octanol–water partition coefficient (Wildman–Crippen LogP) is 1.25. The van der Waals surface area contributed by atoms with Gasteiger partial charge in [-0.3, -0.25) is 0 Å². The molecule has 0 radical (unpaired) electrons. The van der Waals surface area contributed by atoms with Crippen LogP contribution in [0.25, 0.3) is 0 Å². The van der Waals surface area contributed by atoms with Crippen molar-refractivity contribution in [3.8, 4) is 11.5 Å². The van der Waals surface area contributed by atoms with E-state index in [-0.39, 0.29) is 6.10 Å². The molecule has 1 N–H and O–H groups in total. The summed E-state index contributed by atoms with van der Waals surface area (Å²) in [5, 5.41) is 3.15. The van der Waals surface area contributed by atoms with Crippen LogP contribution in [0.1, 0.15) is 17.2 Å². The van der Waals surface area contributed by atoms with Gasteiger partial charge in [-0.05, 0) is 25.1 Å². The third kappa shape index (κ3) is 1.45. The molecule has 3 rings (SSSR count). The van der Waals surface area contributed by atoms with E-state index >= 15 is 0 Å². The van der Waals surface area contributed by atoms with Crippen molar-refractivity contribution in [3.05, 3.63) is 23.3 Å². The molecule has 0 aliphatic carbocycles. The van der Waals surface area contributed by atoms with E-state index in [2.05, 4.69) is 11.4 Å². The van der Waals surface area contributed by atoms with Crippen molar-refractivity contribution in [1.29, 1.82) is 0 Å². The van der Waals surface area contributed by atoms with Gasteiger partial charge in [0.1, 0.15) is 0 Å². The van der Waals surface area contributed by atoms with Crippen LogP contribution in [-0.4, -0.2) is 27.0 Å². The first-order chi connectivity index (χ1) is 7.90. The monoisotopic (exact) mass is 221 g/mol.